The zero-order chi connectivity index (χ0) is 16.9. The van der Waals surface area contributed by atoms with Gasteiger partial charge in [-0.2, -0.15) is 0 Å². The van der Waals surface area contributed by atoms with Gasteiger partial charge >= 0.3 is 6.01 Å². The van der Waals surface area contributed by atoms with E-state index in [1.807, 2.05) is 16.7 Å². The Labute approximate surface area is 140 Å². The lowest BCUT2D eigenvalue weighted by molar-refractivity contribution is -0.131. The quantitative estimate of drug-likeness (QED) is 0.838. The van der Waals surface area contributed by atoms with Gasteiger partial charge in [0.05, 0.1) is 0 Å². The Morgan fingerprint density at radius 2 is 1.96 bits per heavy atom. The minimum absolute atomic E-state index is 0.0534. The number of amides is 1. The second kappa shape index (κ2) is 7.42. The number of carbonyl (C=O) groups excluding carboxylic acids is 1. The average molecular weight is 332 g/mol. The molecule has 0 N–H and O–H groups in total. The number of piperazine rings is 1. The fraction of sp³-hybridized carbons (Fsp3) is 0.471. The van der Waals surface area contributed by atoms with Gasteiger partial charge < -0.3 is 14.2 Å². The number of nitrogens with zero attached hydrogens (tertiary/aromatic N) is 4. The molecule has 24 heavy (non-hydrogen) atoms. The number of aromatic nitrogens is 2. The third-order valence-corrected chi connectivity index (χ3v) is 4.23. The van der Waals surface area contributed by atoms with Gasteiger partial charge in [0, 0.05) is 39.0 Å². The van der Waals surface area contributed by atoms with Gasteiger partial charge in [0.25, 0.3) is 0 Å². The molecule has 0 saturated carbocycles. The molecule has 0 unspecified atom stereocenters. The van der Waals surface area contributed by atoms with Crippen molar-refractivity contribution < 1.29 is 13.6 Å². The second-order valence-electron chi connectivity index (χ2n) is 5.79. The van der Waals surface area contributed by atoms with Crippen molar-refractivity contribution in [2.75, 3.05) is 31.1 Å². The van der Waals surface area contributed by atoms with E-state index in [1.54, 1.807) is 18.2 Å². The molecule has 2 aromatic rings. The highest BCUT2D eigenvalue weighted by Gasteiger charge is 2.24. The minimum Gasteiger partial charge on any atom is -0.408 e. The highest BCUT2D eigenvalue weighted by molar-refractivity contribution is 5.76. The standard InChI is InChI=1S/C17H21FN4O2/c1-2-15-19-20-17(24-15)22-11-9-21(10-12-22)16(23)8-7-13-5-3-4-6-14(13)18/h3-6H,2,7-12H2,1H3. The summed E-state index contributed by atoms with van der Waals surface area (Å²) in [5.74, 6) is 0.421. The Balaban J connectivity index is 1.49. The van der Waals surface area contributed by atoms with Crippen LogP contribution in [0.5, 0.6) is 0 Å². The maximum Gasteiger partial charge on any atom is 0.318 e. The molecule has 0 atom stereocenters. The van der Waals surface area contributed by atoms with Crippen molar-refractivity contribution in [1.82, 2.24) is 15.1 Å². The van der Waals surface area contributed by atoms with E-state index in [0.29, 0.717) is 62.9 Å². The maximum absolute atomic E-state index is 13.6. The van der Waals surface area contributed by atoms with E-state index in [-0.39, 0.29) is 11.7 Å². The van der Waals surface area contributed by atoms with E-state index in [9.17, 15) is 9.18 Å². The largest absolute Gasteiger partial charge is 0.408 e. The number of aryl methyl sites for hydroxylation is 2. The van der Waals surface area contributed by atoms with Crippen molar-refractivity contribution in [3.63, 3.8) is 0 Å². The average Bonchev–Trinajstić information content (AvgIpc) is 3.10. The summed E-state index contributed by atoms with van der Waals surface area (Å²) in [6.07, 6.45) is 1.46. The minimum atomic E-state index is -0.252. The fourth-order valence-corrected chi connectivity index (χ4v) is 2.76. The lowest BCUT2D eigenvalue weighted by Gasteiger charge is -2.33. The molecule has 1 fully saturated rings. The maximum atomic E-state index is 13.6. The first-order valence-electron chi connectivity index (χ1n) is 8.26. The molecule has 6 nitrogen and oxygen atoms in total. The van der Waals surface area contributed by atoms with Gasteiger partial charge in [0.1, 0.15) is 5.82 Å². The normalized spacial score (nSPS) is 14.9. The molecule has 1 aromatic carbocycles. The van der Waals surface area contributed by atoms with Crippen molar-refractivity contribution in [2.45, 2.75) is 26.2 Å². The number of carbonyl (C=O) groups is 1. The number of hydrogen-bond acceptors (Lipinski definition) is 5. The van der Waals surface area contributed by atoms with Gasteiger partial charge in [-0.25, -0.2) is 4.39 Å². The molecule has 3 rings (SSSR count). The third-order valence-electron chi connectivity index (χ3n) is 4.23. The van der Waals surface area contributed by atoms with Crippen LogP contribution >= 0.6 is 0 Å². The van der Waals surface area contributed by atoms with Crippen LogP contribution in [0.15, 0.2) is 28.7 Å². The molecule has 1 aliphatic heterocycles. The Kier molecular flexibility index (Phi) is 5.08. The van der Waals surface area contributed by atoms with Crippen LogP contribution in [-0.4, -0.2) is 47.2 Å². The smallest absolute Gasteiger partial charge is 0.318 e. The summed E-state index contributed by atoms with van der Waals surface area (Å²) in [7, 11) is 0. The van der Waals surface area contributed by atoms with E-state index in [0.717, 1.165) is 0 Å². The topological polar surface area (TPSA) is 62.5 Å². The molecule has 0 spiro atoms. The SMILES string of the molecule is CCc1nnc(N2CCN(C(=O)CCc3ccccc3F)CC2)o1. The highest BCUT2D eigenvalue weighted by Crippen LogP contribution is 2.16. The Morgan fingerprint density at radius 3 is 2.62 bits per heavy atom. The molecule has 1 saturated heterocycles. The first kappa shape index (κ1) is 16.4. The van der Waals surface area contributed by atoms with Crippen molar-refractivity contribution in [3.8, 4) is 0 Å². The molecular formula is C17H21FN4O2. The summed E-state index contributed by atoms with van der Waals surface area (Å²) in [6.45, 7) is 4.51. The molecular weight excluding hydrogens is 311 g/mol. The Hall–Kier alpha value is -2.44. The van der Waals surface area contributed by atoms with Crippen LogP contribution in [0.25, 0.3) is 0 Å². The van der Waals surface area contributed by atoms with Crippen LogP contribution in [0, 0.1) is 5.82 Å². The number of rotatable bonds is 5. The van der Waals surface area contributed by atoms with E-state index < -0.39 is 0 Å². The summed E-state index contributed by atoms with van der Waals surface area (Å²) < 4.78 is 19.1. The van der Waals surface area contributed by atoms with Crippen LogP contribution < -0.4 is 4.90 Å². The molecule has 128 valence electrons. The Morgan fingerprint density at radius 1 is 1.21 bits per heavy atom. The Bertz CT molecular complexity index is 695. The fourth-order valence-electron chi connectivity index (χ4n) is 2.76. The van der Waals surface area contributed by atoms with Crippen LogP contribution in [-0.2, 0) is 17.6 Å². The lowest BCUT2D eigenvalue weighted by atomic mass is 10.1. The molecule has 1 amide bonds. The summed E-state index contributed by atoms with van der Waals surface area (Å²) in [4.78, 5) is 16.1. The zero-order valence-corrected chi connectivity index (χ0v) is 13.7. The third kappa shape index (κ3) is 3.72. The number of halogens is 1. The predicted molar refractivity (Wildman–Crippen MR) is 87.2 cm³/mol. The predicted octanol–water partition coefficient (Wildman–Crippen LogP) is 2.05. The van der Waals surface area contributed by atoms with Gasteiger partial charge in [0.2, 0.25) is 11.8 Å². The summed E-state index contributed by atoms with van der Waals surface area (Å²) >= 11 is 0. The number of hydrogen-bond donors (Lipinski definition) is 0. The molecule has 7 heteroatoms. The van der Waals surface area contributed by atoms with E-state index in [2.05, 4.69) is 10.2 Å². The molecule has 0 aliphatic carbocycles. The molecule has 2 heterocycles. The van der Waals surface area contributed by atoms with Gasteiger partial charge in [0.15, 0.2) is 0 Å². The second-order valence-corrected chi connectivity index (χ2v) is 5.79. The highest BCUT2D eigenvalue weighted by atomic mass is 19.1. The number of anilines is 1. The van der Waals surface area contributed by atoms with Gasteiger partial charge in [-0.05, 0) is 18.1 Å². The molecule has 0 radical (unpaired) electrons. The lowest BCUT2D eigenvalue weighted by Crippen LogP contribution is -2.49. The van der Waals surface area contributed by atoms with Crippen molar-refractivity contribution >= 4 is 11.9 Å². The molecule has 1 aromatic heterocycles. The van der Waals surface area contributed by atoms with E-state index in [4.69, 9.17) is 4.42 Å². The van der Waals surface area contributed by atoms with Crippen molar-refractivity contribution in [2.24, 2.45) is 0 Å². The van der Waals surface area contributed by atoms with E-state index in [1.165, 1.54) is 6.07 Å². The van der Waals surface area contributed by atoms with Gasteiger partial charge in [-0.1, -0.05) is 30.2 Å². The summed E-state index contributed by atoms with van der Waals surface area (Å²) in [5.41, 5.74) is 0.586. The van der Waals surface area contributed by atoms with Crippen molar-refractivity contribution in [1.29, 1.82) is 0 Å². The van der Waals surface area contributed by atoms with Crippen LogP contribution in [0.4, 0.5) is 10.4 Å². The van der Waals surface area contributed by atoms with Crippen LogP contribution in [0.2, 0.25) is 0 Å². The first-order valence-corrected chi connectivity index (χ1v) is 8.26. The monoisotopic (exact) mass is 332 g/mol. The van der Waals surface area contributed by atoms with Gasteiger partial charge in [-0.3, -0.25) is 4.79 Å². The van der Waals surface area contributed by atoms with Crippen LogP contribution in [0.1, 0.15) is 24.8 Å². The van der Waals surface area contributed by atoms with E-state index >= 15 is 0 Å². The van der Waals surface area contributed by atoms with Gasteiger partial charge in [-0.15, -0.1) is 5.10 Å². The summed E-state index contributed by atoms with van der Waals surface area (Å²) in [5, 5.41) is 7.99. The molecule has 0 bridgehead atoms. The first-order chi connectivity index (χ1) is 11.7. The van der Waals surface area contributed by atoms with Crippen LogP contribution in [0.3, 0.4) is 0 Å². The zero-order valence-electron chi connectivity index (χ0n) is 13.7. The summed E-state index contributed by atoms with van der Waals surface area (Å²) in [6, 6.07) is 7.11. The molecule has 1 aliphatic rings. The van der Waals surface area contributed by atoms with Crippen molar-refractivity contribution in [3.05, 3.63) is 41.5 Å². The number of benzene rings is 1.